The second-order valence-corrected chi connectivity index (χ2v) is 7.25. The zero-order valence-electron chi connectivity index (χ0n) is 14.0. The molecule has 0 saturated heterocycles. The Morgan fingerprint density at radius 2 is 2.12 bits per heavy atom. The molecule has 128 valence electrons. The number of nitrogens with zero attached hydrogens (tertiary/aromatic N) is 1. The van der Waals surface area contributed by atoms with E-state index in [4.69, 9.17) is 4.74 Å². The minimum atomic E-state index is 0.177. The van der Waals surface area contributed by atoms with Crippen LogP contribution in [-0.4, -0.2) is 35.0 Å². The molecule has 0 atom stereocenters. The molecule has 1 heterocycles. The highest BCUT2D eigenvalue weighted by Gasteiger charge is 2.23. The summed E-state index contributed by atoms with van der Waals surface area (Å²) in [6.07, 6.45) is 8.63. The number of thioether (sulfide) groups is 1. The fourth-order valence-electron chi connectivity index (χ4n) is 3.14. The molecule has 1 aromatic heterocycles. The number of hydrogen-bond acceptors (Lipinski definition) is 4. The fraction of sp³-hybridized carbons (Fsp3) is 0.474. The molecule has 24 heavy (non-hydrogen) atoms. The molecular weight excluding hydrogens is 320 g/mol. The predicted molar refractivity (Wildman–Crippen MR) is 99.6 cm³/mol. The summed E-state index contributed by atoms with van der Waals surface area (Å²) in [4.78, 5) is 16.1. The molecule has 4 nitrogen and oxygen atoms in total. The van der Waals surface area contributed by atoms with Crippen molar-refractivity contribution in [3.8, 4) is 5.75 Å². The van der Waals surface area contributed by atoms with Crippen LogP contribution < -0.4 is 10.1 Å². The average Bonchev–Trinajstić information content (AvgIpc) is 2.61. The third-order valence-corrected chi connectivity index (χ3v) is 5.06. The maximum absolute atomic E-state index is 11.8. The highest BCUT2D eigenvalue weighted by Crippen LogP contribution is 2.26. The van der Waals surface area contributed by atoms with Gasteiger partial charge in [0.1, 0.15) is 5.75 Å². The number of pyridine rings is 1. The number of hydrogen-bond donors (Lipinski definition) is 1. The smallest absolute Gasteiger partial charge is 0.221 e. The van der Waals surface area contributed by atoms with Gasteiger partial charge >= 0.3 is 0 Å². The average molecular weight is 344 g/mol. The summed E-state index contributed by atoms with van der Waals surface area (Å²) < 4.78 is 6.14. The lowest BCUT2D eigenvalue weighted by atomic mass is 9.93. The van der Waals surface area contributed by atoms with Crippen LogP contribution in [-0.2, 0) is 4.79 Å². The van der Waals surface area contributed by atoms with Gasteiger partial charge < -0.3 is 10.1 Å². The van der Waals surface area contributed by atoms with Crippen molar-refractivity contribution in [3.05, 3.63) is 36.5 Å². The molecule has 1 aromatic carbocycles. The molecule has 0 radical (unpaired) electrons. The number of nitrogens with one attached hydrogen (secondary N) is 1. The molecule has 1 aliphatic rings. The molecule has 1 N–H and O–H groups in total. The van der Waals surface area contributed by atoms with Crippen molar-refractivity contribution < 1.29 is 9.53 Å². The van der Waals surface area contributed by atoms with Crippen molar-refractivity contribution in [3.63, 3.8) is 0 Å². The third-order valence-electron chi connectivity index (χ3n) is 4.45. The van der Waals surface area contributed by atoms with Crippen LogP contribution in [0.4, 0.5) is 0 Å². The second kappa shape index (κ2) is 8.38. The van der Waals surface area contributed by atoms with Crippen LogP contribution in [0.5, 0.6) is 5.75 Å². The van der Waals surface area contributed by atoms with E-state index in [1.165, 1.54) is 0 Å². The number of aromatic nitrogens is 1. The van der Waals surface area contributed by atoms with Gasteiger partial charge in [-0.25, -0.2) is 0 Å². The Morgan fingerprint density at radius 3 is 2.92 bits per heavy atom. The SMILES string of the molecule is CSCCC(=O)NC1CCC(Oc2ccc3ncccc3c2)CC1. The van der Waals surface area contributed by atoms with Crippen LogP contribution in [0.2, 0.25) is 0 Å². The Labute approximate surface area is 147 Å². The lowest BCUT2D eigenvalue weighted by molar-refractivity contribution is -0.121. The van der Waals surface area contributed by atoms with Crippen LogP contribution in [0.3, 0.4) is 0 Å². The predicted octanol–water partition coefficient (Wildman–Crippen LogP) is 3.79. The molecule has 1 amide bonds. The van der Waals surface area contributed by atoms with E-state index in [2.05, 4.69) is 22.4 Å². The number of amides is 1. The van der Waals surface area contributed by atoms with Gasteiger partial charge in [0.05, 0.1) is 11.6 Å². The Balaban J connectivity index is 1.48. The van der Waals surface area contributed by atoms with Gasteiger partial charge in [-0.3, -0.25) is 9.78 Å². The van der Waals surface area contributed by atoms with Gasteiger partial charge in [-0.05, 0) is 56.2 Å². The van der Waals surface area contributed by atoms with E-state index in [0.717, 1.165) is 48.1 Å². The van der Waals surface area contributed by atoms with E-state index in [-0.39, 0.29) is 12.0 Å². The summed E-state index contributed by atoms with van der Waals surface area (Å²) in [6, 6.07) is 10.3. The number of carbonyl (C=O) groups excluding carboxylic acids is 1. The molecule has 0 bridgehead atoms. The molecule has 0 aliphatic heterocycles. The molecule has 3 rings (SSSR count). The molecule has 0 unspecified atom stereocenters. The van der Waals surface area contributed by atoms with Gasteiger partial charge in [-0.15, -0.1) is 0 Å². The minimum Gasteiger partial charge on any atom is -0.490 e. The maximum Gasteiger partial charge on any atom is 0.221 e. The standard InChI is InChI=1S/C19H24N2O2S/c1-24-12-10-19(22)21-15-4-6-16(7-5-15)23-17-8-9-18-14(13-17)3-2-11-20-18/h2-3,8-9,11,13,15-16H,4-7,10,12H2,1H3,(H,21,22). The lowest BCUT2D eigenvalue weighted by Crippen LogP contribution is -2.39. The molecule has 0 spiro atoms. The maximum atomic E-state index is 11.8. The van der Waals surface area contributed by atoms with Crippen molar-refractivity contribution in [2.24, 2.45) is 0 Å². The Bertz CT molecular complexity index is 684. The highest BCUT2D eigenvalue weighted by molar-refractivity contribution is 7.98. The number of benzene rings is 1. The largest absolute Gasteiger partial charge is 0.490 e. The van der Waals surface area contributed by atoms with E-state index < -0.39 is 0 Å². The summed E-state index contributed by atoms with van der Waals surface area (Å²) in [6.45, 7) is 0. The van der Waals surface area contributed by atoms with Crippen LogP contribution >= 0.6 is 11.8 Å². The van der Waals surface area contributed by atoms with E-state index in [0.29, 0.717) is 12.5 Å². The zero-order chi connectivity index (χ0) is 16.8. The van der Waals surface area contributed by atoms with Crippen molar-refractivity contribution in [1.29, 1.82) is 0 Å². The van der Waals surface area contributed by atoms with Crippen LogP contribution in [0.1, 0.15) is 32.1 Å². The van der Waals surface area contributed by atoms with Crippen molar-refractivity contribution in [2.75, 3.05) is 12.0 Å². The van der Waals surface area contributed by atoms with Crippen LogP contribution in [0, 0.1) is 0 Å². The Hall–Kier alpha value is -1.75. The Kier molecular flexibility index (Phi) is 5.96. The van der Waals surface area contributed by atoms with E-state index in [9.17, 15) is 4.79 Å². The third kappa shape index (κ3) is 4.63. The summed E-state index contributed by atoms with van der Waals surface area (Å²) in [5.74, 6) is 1.97. The topological polar surface area (TPSA) is 51.2 Å². The first-order chi connectivity index (χ1) is 11.7. The highest BCUT2D eigenvalue weighted by atomic mass is 32.2. The van der Waals surface area contributed by atoms with E-state index in [1.54, 1.807) is 18.0 Å². The number of carbonyl (C=O) groups is 1. The van der Waals surface area contributed by atoms with Crippen molar-refractivity contribution >= 4 is 28.6 Å². The minimum absolute atomic E-state index is 0.177. The number of fused-ring (bicyclic) bond motifs is 1. The summed E-state index contributed by atoms with van der Waals surface area (Å²) in [7, 11) is 0. The molecule has 1 aliphatic carbocycles. The number of rotatable bonds is 6. The summed E-state index contributed by atoms with van der Waals surface area (Å²) >= 11 is 1.71. The van der Waals surface area contributed by atoms with E-state index >= 15 is 0 Å². The molecule has 5 heteroatoms. The number of ether oxygens (including phenoxy) is 1. The summed E-state index contributed by atoms with van der Waals surface area (Å²) in [5.41, 5.74) is 0.988. The molecular formula is C19H24N2O2S. The first kappa shape index (κ1) is 17.1. The van der Waals surface area contributed by atoms with Crippen molar-refractivity contribution in [2.45, 2.75) is 44.2 Å². The van der Waals surface area contributed by atoms with Gasteiger partial charge in [0, 0.05) is 29.8 Å². The second-order valence-electron chi connectivity index (χ2n) is 6.26. The van der Waals surface area contributed by atoms with Crippen LogP contribution in [0.25, 0.3) is 10.9 Å². The van der Waals surface area contributed by atoms with Gasteiger partial charge in [0.25, 0.3) is 0 Å². The monoisotopic (exact) mass is 344 g/mol. The van der Waals surface area contributed by atoms with Gasteiger partial charge in [0.15, 0.2) is 0 Å². The first-order valence-electron chi connectivity index (χ1n) is 8.54. The normalized spacial score (nSPS) is 20.7. The molecule has 1 fully saturated rings. The van der Waals surface area contributed by atoms with Gasteiger partial charge in [-0.2, -0.15) is 11.8 Å². The quantitative estimate of drug-likeness (QED) is 0.866. The van der Waals surface area contributed by atoms with Gasteiger partial charge in [-0.1, -0.05) is 6.07 Å². The first-order valence-corrected chi connectivity index (χ1v) is 9.94. The van der Waals surface area contributed by atoms with E-state index in [1.807, 2.05) is 24.5 Å². The summed E-state index contributed by atoms with van der Waals surface area (Å²) in [5, 5.41) is 4.25. The fourth-order valence-corrected chi connectivity index (χ4v) is 3.53. The zero-order valence-corrected chi connectivity index (χ0v) is 14.8. The van der Waals surface area contributed by atoms with Crippen LogP contribution in [0.15, 0.2) is 36.5 Å². The Morgan fingerprint density at radius 1 is 1.29 bits per heavy atom. The lowest BCUT2D eigenvalue weighted by Gasteiger charge is -2.29. The molecule has 2 aromatic rings. The van der Waals surface area contributed by atoms with Crippen molar-refractivity contribution in [1.82, 2.24) is 10.3 Å². The van der Waals surface area contributed by atoms with Gasteiger partial charge in [0.2, 0.25) is 5.91 Å². The molecule has 1 saturated carbocycles.